The molecule has 2 aromatic rings. The molecule has 0 aromatic carbocycles. The van der Waals surface area contributed by atoms with Crippen LogP contribution in [0.2, 0.25) is 0 Å². The Kier molecular flexibility index (Phi) is 3.74. The quantitative estimate of drug-likeness (QED) is 0.810. The highest BCUT2D eigenvalue weighted by Crippen LogP contribution is 2.06. The van der Waals surface area contributed by atoms with Crippen LogP contribution in [0.15, 0.2) is 18.5 Å². The molecule has 100 valence electrons. The molecule has 2 aromatic heterocycles. The third-order valence-electron chi connectivity index (χ3n) is 2.67. The van der Waals surface area contributed by atoms with Gasteiger partial charge in [0.15, 0.2) is 0 Å². The van der Waals surface area contributed by atoms with Gasteiger partial charge in [-0.15, -0.1) is 10.2 Å². The van der Waals surface area contributed by atoms with Gasteiger partial charge in [0.05, 0.1) is 0 Å². The largest absolute Gasteiger partial charge is 0.384 e. The minimum absolute atomic E-state index is 0.167. The summed E-state index contributed by atoms with van der Waals surface area (Å²) in [5, 5.41) is 10.5. The highest BCUT2D eigenvalue weighted by molar-refractivity contribution is 5.94. The van der Waals surface area contributed by atoms with Crippen LogP contribution in [0, 0.1) is 6.92 Å². The zero-order valence-corrected chi connectivity index (χ0v) is 10.9. The van der Waals surface area contributed by atoms with E-state index >= 15 is 0 Å². The number of rotatable bonds is 4. The minimum Gasteiger partial charge on any atom is -0.384 e. The Morgan fingerprint density at radius 1 is 1.47 bits per heavy atom. The van der Waals surface area contributed by atoms with Crippen LogP contribution >= 0.6 is 0 Å². The first kappa shape index (κ1) is 13.0. The maximum atomic E-state index is 11.9. The average molecular weight is 260 g/mol. The van der Waals surface area contributed by atoms with Crippen molar-refractivity contribution in [2.75, 3.05) is 12.3 Å². The predicted octanol–water partition coefficient (Wildman–Crippen LogP) is 0.0732. The standard InChI is InChI=1S/C12H16N6O/c1-8-5-9(6-10(13)16-8)12(19)14-4-3-11-17-15-7-18(11)2/h5-7H,3-4H2,1-2H3,(H2,13,16)(H,14,19). The molecule has 2 heterocycles. The number of nitrogens with zero attached hydrogens (tertiary/aromatic N) is 4. The van der Waals surface area contributed by atoms with E-state index in [2.05, 4.69) is 20.5 Å². The molecule has 19 heavy (non-hydrogen) atoms. The summed E-state index contributed by atoms with van der Waals surface area (Å²) in [5.74, 6) is 1.00. The molecule has 3 N–H and O–H groups in total. The van der Waals surface area contributed by atoms with Gasteiger partial charge in [-0.3, -0.25) is 4.79 Å². The molecule has 7 heteroatoms. The lowest BCUT2D eigenvalue weighted by molar-refractivity contribution is 0.0953. The monoisotopic (exact) mass is 260 g/mol. The van der Waals surface area contributed by atoms with Crippen LogP contribution in [0.25, 0.3) is 0 Å². The number of nitrogens with one attached hydrogen (secondary N) is 1. The first-order valence-corrected chi connectivity index (χ1v) is 5.91. The van der Waals surface area contributed by atoms with Gasteiger partial charge in [-0.25, -0.2) is 4.98 Å². The van der Waals surface area contributed by atoms with Crippen molar-refractivity contribution in [2.45, 2.75) is 13.3 Å². The molecule has 0 aliphatic rings. The van der Waals surface area contributed by atoms with Crippen molar-refractivity contribution in [3.63, 3.8) is 0 Å². The smallest absolute Gasteiger partial charge is 0.251 e. The summed E-state index contributed by atoms with van der Waals surface area (Å²) in [5.41, 5.74) is 6.85. The fourth-order valence-electron chi connectivity index (χ4n) is 1.75. The highest BCUT2D eigenvalue weighted by Gasteiger charge is 2.08. The molecule has 0 unspecified atom stereocenters. The van der Waals surface area contributed by atoms with Gasteiger partial charge in [-0.1, -0.05) is 0 Å². The highest BCUT2D eigenvalue weighted by atomic mass is 16.1. The first-order valence-electron chi connectivity index (χ1n) is 5.91. The van der Waals surface area contributed by atoms with E-state index < -0.39 is 0 Å². The maximum absolute atomic E-state index is 11.9. The van der Waals surface area contributed by atoms with Gasteiger partial charge in [0.1, 0.15) is 18.0 Å². The predicted molar refractivity (Wildman–Crippen MR) is 70.4 cm³/mol. The number of carbonyl (C=O) groups excluding carboxylic acids is 1. The number of nitrogens with two attached hydrogens (primary N) is 1. The fourth-order valence-corrected chi connectivity index (χ4v) is 1.75. The Labute approximate surface area is 110 Å². The third kappa shape index (κ3) is 3.27. The van der Waals surface area contributed by atoms with Crippen molar-refractivity contribution >= 4 is 11.7 Å². The molecule has 1 amide bonds. The van der Waals surface area contributed by atoms with E-state index in [1.807, 2.05) is 11.6 Å². The normalized spacial score (nSPS) is 10.4. The minimum atomic E-state index is -0.167. The number of aryl methyl sites for hydroxylation is 2. The fraction of sp³-hybridized carbons (Fsp3) is 0.333. The molecule has 0 aliphatic carbocycles. The molecule has 0 fully saturated rings. The number of hydrogen-bond acceptors (Lipinski definition) is 5. The van der Waals surface area contributed by atoms with Crippen LogP contribution in [0.3, 0.4) is 0 Å². The van der Waals surface area contributed by atoms with Gasteiger partial charge in [0.25, 0.3) is 5.91 Å². The van der Waals surface area contributed by atoms with Crippen LogP contribution in [0.5, 0.6) is 0 Å². The maximum Gasteiger partial charge on any atom is 0.251 e. The Hall–Kier alpha value is -2.44. The number of amides is 1. The lowest BCUT2D eigenvalue weighted by Crippen LogP contribution is -2.26. The topological polar surface area (TPSA) is 98.7 Å². The molecule has 0 saturated carbocycles. The number of carbonyl (C=O) groups is 1. The van der Waals surface area contributed by atoms with Crippen molar-refractivity contribution in [2.24, 2.45) is 7.05 Å². The molecule has 0 spiro atoms. The van der Waals surface area contributed by atoms with E-state index in [0.717, 1.165) is 11.5 Å². The molecule has 0 aliphatic heterocycles. The SMILES string of the molecule is Cc1cc(C(=O)NCCc2nncn2C)cc(N)n1. The molecule has 0 atom stereocenters. The van der Waals surface area contributed by atoms with Crippen molar-refractivity contribution < 1.29 is 4.79 Å². The second-order valence-corrected chi connectivity index (χ2v) is 4.29. The van der Waals surface area contributed by atoms with E-state index in [1.165, 1.54) is 0 Å². The van der Waals surface area contributed by atoms with Crippen molar-refractivity contribution in [3.8, 4) is 0 Å². The molecule has 0 saturated heterocycles. The third-order valence-corrected chi connectivity index (χ3v) is 2.67. The van der Waals surface area contributed by atoms with Crippen LogP contribution in [-0.2, 0) is 13.5 Å². The lowest BCUT2D eigenvalue weighted by Gasteiger charge is -2.06. The van der Waals surface area contributed by atoms with Crippen molar-refractivity contribution in [3.05, 3.63) is 35.5 Å². The second kappa shape index (κ2) is 5.47. The lowest BCUT2D eigenvalue weighted by atomic mass is 10.2. The molecule has 0 bridgehead atoms. The van der Waals surface area contributed by atoms with Crippen LogP contribution < -0.4 is 11.1 Å². The Balaban J connectivity index is 1.92. The van der Waals surface area contributed by atoms with Crippen molar-refractivity contribution in [1.29, 1.82) is 0 Å². The Morgan fingerprint density at radius 3 is 2.89 bits per heavy atom. The van der Waals surface area contributed by atoms with Gasteiger partial charge in [-0.05, 0) is 19.1 Å². The first-order chi connectivity index (χ1) is 9.06. The van der Waals surface area contributed by atoms with E-state index in [-0.39, 0.29) is 5.91 Å². The number of pyridine rings is 1. The number of aromatic nitrogens is 4. The van der Waals surface area contributed by atoms with Gasteiger partial charge < -0.3 is 15.6 Å². The molecular weight excluding hydrogens is 244 g/mol. The second-order valence-electron chi connectivity index (χ2n) is 4.29. The van der Waals surface area contributed by atoms with Crippen LogP contribution in [0.4, 0.5) is 5.82 Å². The van der Waals surface area contributed by atoms with Gasteiger partial charge in [0.2, 0.25) is 0 Å². The zero-order chi connectivity index (χ0) is 13.8. The van der Waals surface area contributed by atoms with Gasteiger partial charge >= 0.3 is 0 Å². The van der Waals surface area contributed by atoms with Gasteiger partial charge in [-0.2, -0.15) is 0 Å². The van der Waals surface area contributed by atoms with E-state index in [4.69, 9.17) is 5.73 Å². The number of nitrogen functional groups attached to an aromatic ring is 1. The molecule has 7 nitrogen and oxygen atoms in total. The molecule has 2 rings (SSSR count). The summed E-state index contributed by atoms with van der Waals surface area (Å²) in [6, 6.07) is 3.26. The Bertz CT molecular complexity index is 571. The Morgan fingerprint density at radius 2 is 2.26 bits per heavy atom. The molecule has 0 radical (unpaired) electrons. The summed E-state index contributed by atoms with van der Waals surface area (Å²) < 4.78 is 1.82. The van der Waals surface area contributed by atoms with E-state index in [0.29, 0.717) is 24.3 Å². The summed E-state index contributed by atoms with van der Waals surface area (Å²) in [6.07, 6.45) is 2.26. The number of hydrogen-bond donors (Lipinski definition) is 2. The molecular formula is C12H16N6O. The summed E-state index contributed by atoms with van der Waals surface area (Å²) in [4.78, 5) is 16.0. The summed E-state index contributed by atoms with van der Waals surface area (Å²) in [7, 11) is 1.87. The summed E-state index contributed by atoms with van der Waals surface area (Å²) in [6.45, 7) is 2.29. The van der Waals surface area contributed by atoms with E-state index in [1.54, 1.807) is 25.4 Å². The van der Waals surface area contributed by atoms with E-state index in [9.17, 15) is 4.79 Å². The number of anilines is 1. The van der Waals surface area contributed by atoms with Crippen molar-refractivity contribution in [1.82, 2.24) is 25.1 Å². The summed E-state index contributed by atoms with van der Waals surface area (Å²) >= 11 is 0. The van der Waals surface area contributed by atoms with Crippen LogP contribution in [0.1, 0.15) is 21.9 Å². The zero-order valence-electron chi connectivity index (χ0n) is 10.9. The van der Waals surface area contributed by atoms with Gasteiger partial charge in [0, 0.05) is 31.3 Å². The average Bonchev–Trinajstić information content (AvgIpc) is 2.74. The van der Waals surface area contributed by atoms with Crippen LogP contribution in [-0.4, -0.2) is 32.2 Å².